The molecule has 0 saturated carbocycles. The highest BCUT2D eigenvalue weighted by Gasteiger charge is 2.10. The maximum Gasteiger partial charge on any atom is 0.337 e. The third kappa shape index (κ3) is 3.67. The molecule has 6 nitrogen and oxygen atoms in total. The van der Waals surface area contributed by atoms with Gasteiger partial charge in [-0.15, -0.1) is 0 Å². The molecule has 0 spiro atoms. The van der Waals surface area contributed by atoms with Crippen LogP contribution < -0.4 is 10.6 Å². The van der Waals surface area contributed by atoms with Gasteiger partial charge in [-0.1, -0.05) is 30.3 Å². The lowest BCUT2D eigenvalue weighted by Gasteiger charge is -2.11. The second kappa shape index (κ2) is 6.78. The standard InChI is InChI=1S/C18H16N4O2/c1-12-11-16(21-15-10-6-5-9-14(15)17(23)24)22-18(19-12)20-13-7-3-2-4-8-13/h2-11H,1H3,(H,23,24)(H2,19,20,21,22). The zero-order valence-electron chi connectivity index (χ0n) is 13.0. The number of rotatable bonds is 5. The average Bonchev–Trinajstić information content (AvgIpc) is 2.55. The van der Waals surface area contributed by atoms with Gasteiger partial charge in [0.25, 0.3) is 0 Å². The van der Waals surface area contributed by atoms with Crippen LogP contribution in [0.25, 0.3) is 0 Å². The van der Waals surface area contributed by atoms with Gasteiger partial charge in [-0.3, -0.25) is 0 Å². The molecule has 0 saturated heterocycles. The first-order valence-electron chi connectivity index (χ1n) is 7.39. The van der Waals surface area contributed by atoms with Crippen LogP contribution >= 0.6 is 0 Å². The van der Waals surface area contributed by atoms with Gasteiger partial charge < -0.3 is 15.7 Å². The highest BCUT2D eigenvalue weighted by molar-refractivity contribution is 5.95. The number of nitrogens with one attached hydrogen (secondary N) is 2. The van der Waals surface area contributed by atoms with Gasteiger partial charge in [-0.2, -0.15) is 4.98 Å². The molecule has 0 atom stereocenters. The highest BCUT2D eigenvalue weighted by atomic mass is 16.4. The van der Waals surface area contributed by atoms with Crippen LogP contribution in [0.2, 0.25) is 0 Å². The molecule has 0 aliphatic carbocycles. The summed E-state index contributed by atoms with van der Waals surface area (Å²) in [5, 5.41) is 15.4. The number of hydrogen-bond donors (Lipinski definition) is 3. The third-order valence-corrected chi connectivity index (χ3v) is 3.30. The van der Waals surface area contributed by atoms with Gasteiger partial charge in [0.15, 0.2) is 0 Å². The lowest BCUT2D eigenvalue weighted by Crippen LogP contribution is -2.05. The lowest BCUT2D eigenvalue weighted by molar-refractivity contribution is 0.0698. The summed E-state index contributed by atoms with van der Waals surface area (Å²) in [5.41, 5.74) is 2.30. The Hall–Kier alpha value is -3.41. The van der Waals surface area contributed by atoms with Gasteiger partial charge >= 0.3 is 5.97 Å². The number of benzene rings is 2. The average molecular weight is 320 g/mol. The fraction of sp³-hybridized carbons (Fsp3) is 0.0556. The van der Waals surface area contributed by atoms with E-state index in [2.05, 4.69) is 20.6 Å². The van der Waals surface area contributed by atoms with E-state index in [1.54, 1.807) is 30.3 Å². The first-order chi connectivity index (χ1) is 11.6. The molecule has 0 bridgehead atoms. The van der Waals surface area contributed by atoms with Crippen LogP contribution in [0.15, 0.2) is 60.7 Å². The molecule has 120 valence electrons. The number of aryl methyl sites for hydroxylation is 1. The molecule has 0 fully saturated rings. The van der Waals surface area contributed by atoms with Gasteiger partial charge in [-0.25, -0.2) is 9.78 Å². The van der Waals surface area contributed by atoms with Crippen molar-refractivity contribution in [2.45, 2.75) is 6.92 Å². The summed E-state index contributed by atoms with van der Waals surface area (Å²) in [6.07, 6.45) is 0. The SMILES string of the molecule is Cc1cc(Nc2ccccc2C(=O)O)nc(Nc2ccccc2)n1. The van der Waals surface area contributed by atoms with E-state index >= 15 is 0 Å². The van der Waals surface area contributed by atoms with E-state index in [1.807, 2.05) is 37.3 Å². The van der Waals surface area contributed by atoms with Crippen LogP contribution in [0.4, 0.5) is 23.1 Å². The summed E-state index contributed by atoms with van der Waals surface area (Å²) in [5.74, 6) is -0.0300. The Kier molecular flexibility index (Phi) is 4.38. The van der Waals surface area contributed by atoms with Crippen molar-refractivity contribution in [1.82, 2.24) is 9.97 Å². The van der Waals surface area contributed by atoms with Crippen LogP contribution in [0.5, 0.6) is 0 Å². The van der Waals surface area contributed by atoms with Crippen LogP contribution in [0.3, 0.4) is 0 Å². The number of aromatic carboxylic acids is 1. The van der Waals surface area contributed by atoms with Crippen molar-refractivity contribution in [1.29, 1.82) is 0 Å². The van der Waals surface area contributed by atoms with E-state index in [9.17, 15) is 9.90 Å². The summed E-state index contributed by atoms with van der Waals surface area (Å²) in [6, 6.07) is 18.0. The molecule has 0 aliphatic heterocycles. The largest absolute Gasteiger partial charge is 0.478 e. The third-order valence-electron chi connectivity index (χ3n) is 3.30. The van der Waals surface area contributed by atoms with E-state index in [4.69, 9.17) is 0 Å². The Morgan fingerprint density at radius 3 is 2.42 bits per heavy atom. The quantitative estimate of drug-likeness (QED) is 0.659. The zero-order chi connectivity index (χ0) is 16.9. The van der Waals surface area contributed by atoms with Crippen LogP contribution in [0.1, 0.15) is 16.1 Å². The van der Waals surface area contributed by atoms with Gasteiger partial charge in [-0.05, 0) is 31.2 Å². The van der Waals surface area contributed by atoms with Crippen molar-refractivity contribution in [3.63, 3.8) is 0 Å². The summed E-state index contributed by atoms with van der Waals surface area (Å²) in [7, 11) is 0. The number of nitrogens with zero attached hydrogens (tertiary/aromatic N) is 2. The van der Waals surface area contributed by atoms with E-state index in [0.717, 1.165) is 11.4 Å². The topological polar surface area (TPSA) is 87.1 Å². The summed E-state index contributed by atoms with van der Waals surface area (Å²) in [6.45, 7) is 1.85. The molecular weight excluding hydrogens is 304 g/mol. The summed E-state index contributed by atoms with van der Waals surface area (Å²) >= 11 is 0. The minimum atomic E-state index is -0.994. The number of anilines is 4. The predicted molar refractivity (Wildman–Crippen MR) is 93.2 cm³/mol. The van der Waals surface area contributed by atoms with Crippen molar-refractivity contribution in [2.75, 3.05) is 10.6 Å². The molecule has 0 unspecified atom stereocenters. The van der Waals surface area contributed by atoms with Crippen molar-refractivity contribution in [2.24, 2.45) is 0 Å². The number of hydrogen-bond acceptors (Lipinski definition) is 5. The molecule has 3 aromatic rings. The lowest BCUT2D eigenvalue weighted by atomic mass is 10.2. The minimum absolute atomic E-state index is 0.186. The molecule has 6 heteroatoms. The smallest absolute Gasteiger partial charge is 0.337 e. The van der Waals surface area contributed by atoms with Gasteiger partial charge in [0, 0.05) is 17.4 Å². The molecule has 0 aliphatic rings. The van der Waals surface area contributed by atoms with Crippen molar-refractivity contribution in [3.8, 4) is 0 Å². The number of para-hydroxylation sites is 2. The van der Waals surface area contributed by atoms with E-state index in [-0.39, 0.29) is 5.56 Å². The summed E-state index contributed by atoms with van der Waals surface area (Å²) in [4.78, 5) is 20.0. The molecule has 0 radical (unpaired) electrons. The first kappa shape index (κ1) is 15.5. The number of carbonyl (C=O) groups is 1. The molecule has 3 N–H and O–H groups in total. The van der Waals surface area contributed by atoms with Crippen LogP contribution in [0, 0.1) is 6.92 Å². The summed E-state index contributed by atoms with van der Waals surface area (Å²) < 4.78 is 0. The molecule has 1 aromatic heterocycles. The molecule has 1 heterocycles. The van der Waals surface area contributed by atoms with Crippen LogP contribution in [-0.4, -0.2) is 21.0 Å². The zero-order valence-corrected chi connectivity index (χ0v) is 13.0. The monoisotopic (exact) mass is 320 g/mol. The second-order valence-electron chi connectivity index (χ2n) is 5.18. The van der Waals surface area contributed by atoms with Gasteiger partial charge in [0.1, 0.15) is 5.82 Å². The second-order valence-corrected chi connectivity index (χ2v) is 5.18. The molecule has 24 heavy (non-hydrogen) atoms. The number of carboxylic acid groups (broad SMARTS) is 1. The van der Waals surface area contributed by atoms with E-state index < -0.39 is 5.97 Å². The van der Waals surface area contributed by atoms with Crippen molar-refractivity contribution >= 4 is 29.1 Å². The maximum absolute atomic E-state index is 11.3. The maximum atomic E-state index is 11.3. The molecule has 3 rings (SSSR count). The van der Waals surface area contributed by atoms with Crippen LogP contribution in [-0.2, 0) is 0 Å². The Bertz CT molecular complexity index is 866. The first-order valence-corrected chi connectivity index (χ1v) is 7.39. The molecule has 2 aromatic carbocycles. The van der Waals surface area contributed by atoms with E-state index in [1.165, 1.54) is 0 Å². The Morgan fingerprint density at radius 2 is 1.67 bits per heavy atom. The Balaban J connectivity index is 1.88. The van der Waals surface area contributed by atoms with Crippen molar-refractivity contribution < 1.29 is 9.90 Å². The normalized spacial score (nSPS) is 10.2. The highest BCUT2D eigenvalue weighted by Crippen LogP contribution is 2.22. The van der Waals surface area contributed by atoms with Gasteiger partial charge in [0.2, 0.25) is 5.95 Å². The van der Waals surface area contributed by atoms with Gasteiger partial charge in [0.05, 0.1) is 11.3 Å². The van der Waals surface area contributed by atoms with Crippen molar-refractivity contribution in [3.05, 3.63) is 71.9 Å². The fourth-order valence-corrected chi connectivity index (χ4v) is 2.26. The van der Waals surface area contributed by atoms with E-state index in [0.29, 0.717) is 17.5 Å². The minimum Gasteiger partial charge on any atom is -0.478 e. The number of aromatic nitrogens is 2. The molecule has 0 amide bonds. The fourth-order valence-electron chi connectivity index (χ4n) is 2.26. The predicted octanol–water partition coefficient (Wildman–Crippen LogP) is 3.97. The number of carboxylic acids is 1. The Labute approximate surface area is 139 Å². The Morgan fingerprint density at radius 1 is 0.958 bits per heavy atom. The molecular formula is C18H16N4O2.